The van der Waals surface area contributed by atoms with E-state index in [2.05, 4.69) is 12.3 Å². The van der Waals surface area contributed by atoms with Crippen LogP contribution in [0, 0.1) is 0 Å². The van der Waals surface area contributed by atoms with Crippen molar-refractivity contribution in [3.05, 3.63) is 5.84 Å². The van der Waals surface area contributed by atoms with E-state index in [-0.39, 0.29) is 0 Å². The van der Waals surface area contributed by atoms with E-state index in [1.54, 1.807) is 7.05 Å². The van der Waals surface area contributed by atoms with Crippen molar-refractivity contribution in [2.75, 3.05) is 13.7 Å². The van der Waals surface area contributed by atoms with Gasteiger partial charge in [-0.05, 0) is 19.8 Å². The molecule has 1 heterocycles. The average molecular weight is 159 g/mol. The third-order valence-corrected chi connectivity index (χ3v) is 1.91. The van der Waals surface area contributed by atoms with Crippen LogP contribution >= 0.6 is 0 Å². The summed E-state index contributed by atoms with van der Waals surface area (Å²) in [6, 6.07) is 0.455. The monoisotopic (exact) mass is 159 g/mol. The van der Waals surface area contributed by atoms with Crippen LogP contribution in [0.25, 0.3) is 5.84 Å². The number of hydrogen-bond acceptors (Lipinski definition) is 2. The zero-order chi connectivity index (χ0) is 8.27. The first-order chi connectivity index (χ1) is 5.18. The molecule has 11 heavy (non-hydrogen) atoms. The van der Waals surface area contributed by atoms with Crippen molar-refractivity contribution in [1.29, 1.82) is 0 Å². The summed E-state index contributed by atoms with van der Waals surface area (Å²) in [6.45, 7) is 2.90. The molecule has 1 saturated heterocycles. The molecule has 0 saturated carbocycles. The molecular weight excluding hydrogens is 142 g/mol. The van der Waals surface area contributed by atoms with Crippen molar-refractivity contribution in [3.8, 4) is 0 Å². The van der Waals surface area contributed by atoms with E-state index < -0.39 is 0 Å². The van der Waals surface area contributed by atoms with Crippen LogP contribution in [-0.4, -0.2) is 25.8 Å². The Morgan fingerprint density at radius 3 is 2.91 bits per heavy atom. The van der Waals surface area contributed by atoms with Crippen molar-refractivity contribution in [3.63, 3.8) is 0 Å². The first-order valence-corrected chi connectivity index (χ1v) is 4.12. The zero-order valence-electron chi connectivity index (χ0n) is 7.18. The van der Waals surface area contributed by atoms with Crippen molar-refractivity contribution >= 4 is 0 Å². The predicted molar refractivity (Wildman–Crippen MR) is 42.8 cm³/mol. The highest BCUT2D eigenvalue weighted by Gasteiger charge is 2.19. The molecule has 1 aliphatic heterocycles. The van der Waals surface area contributed by atoms with Gasteiger partial charge in [-0.3, -0.25) is 0 Å². The Balaban J connectivity index is 2.23. The lowest BCUT2D eigenvalue weighted by atomic mass is 10.1. The van der Waals surface area contributed by atoms with Gasteiger partial charge in [-0.15, -0.1) is 0 Å². The van der Waals surface area contributed by atoms with E-state index in [1.807, 2.05) is 0 Å². The third kappa shape index (κ3) is 3.16. The van der Waals surface area contributed by atoms with E-state index in [1.165, 1.54) is 0 Å². The second kappa shape index (κ2) is 4.01. The van der Waals surface area contributed by atoms with Crippen LogP contribution in [0.4, 0.5) is 0 Å². The molecule has 0 aromatic carbocycles. The Morgan fingerprint density at radius 2 is 2.36 bits per heavy atom. The van der Waals surface area contributed by atoms with Gasteiger partial charge in [0.15, 0.2) is 0 Å². The molecule has 4 nitrogen and oxygen atoms in total. The number of nitrogens with one attached hydrogen (secondary N) is 3. The summed E-state index contributed by atoms with van der Waals surface area (Å²) in [5.41, 5.74) is 3.12. The quantitative estimate of drug-likeness (QED) is 0.536. The van der Waals surface area contributed by atoms with Crippen molar-refractivity contribution in [2.24, 2.45) is 0 Å². The SMILES string of the molecule is CC1CC(N[NH+](C)[NH-])CCO1. The lowest BCUT2D eigenvalue weighted by Crippen LogP contribution is -3.10. The van der Waals surface area contributed by atoms with Gasteiger partial charge in [-0.1, -0.05) is 0 Å². The molecule has 3 atom stereocenters. The molecule has 0 bridgehead atoms. The van der Waals surface area contributed by atoms with Gasteiger partial charge in [0.1, 0.15) is 0 Å². The number of rotatable bonds is 2. The standard InChI is InChI=1S/C7H17N3O/c1-6-5-7(3-4-11-6)9-10(2)8/h6-10H,3-5H2,1-2H3. The minimum absolute atomic E-state index is 0.348. The van der Waals surface area contributed by atoms with Crippen LogP contribution in [0.15, 0.2) is 0 Å². The third-order valence-electron chi connectivity index (χ3n) is 1.91. The molecule has 0 aliphatic carbocycles. The molecule has 0 spiro atoms. The van der Waals surface area contributed by atoms with Crippen LogP contribution in [-0.2, 0) is 4.74 Å². The summed E-state index contributed by atoms with van der Waals surface area (Å²) in [5.74, 6) is 7.24. The minimum Gasteiger partial charge on any atom is -0.449 e. The van der Waals surface area contributed by atoms with Gasteiger partial charge in [0.05, 0.1) is 19.2 Å². The maximum absolute atomic E-state index is 7.24. The lowest BCUT2D eigenvalue weighted by molar-refractivity contribution is -0.879. The summed E-state index contributed by atoms with van der Waals surface area (Å²) >= 11 is 0. The van der Waals surface area contributed by atoms with E-state index in [0.717, 1.165) is 19.4 Å². The molecule has 1 fully saturated rings. The normalized spacial score (nSPS) is 35.2. The number of ether oxygens (including phenoxy) is 1. The summed E-state index contributed by atoms with van der Waals surface area (Å²) < 4.78 is 5.38. The van der Waals surface area contributed by atoms with Gasteiger partial charge in [-0.2, -0.15) is 5.43 Å². The summed E-state index contributed by atoms with van der Waals surface area (Å²) in [6.07, 6.45) is 2.40. The molecule has 66 valence electrons. The van der Waals surface area contributed by atoms with Crippen LogP contribution in [0.2, 0.25) is 0 Å². The molecule has 0 aromatic heterocycles. The lowest BCUT2D eigenvalue weighted by Gasteiger charge is -2.30. The molecule has 1 rings (SSSR count). The Morgan fingerprint density at radius 1 is 1.64 bits per heavy atom. The number of hydrogen-bond donors (Lipinski definition) is 2. The molecule has 0 radical (unpaired) electrons. The Bertz CT molecular complexity index is 116. The van der Waals surface area contributed by atoms with Crippen LogP contribution in [0.3, 0.4) is 0 Å². The van der Waals surface area contributed by atoms with Gasteiger partial charge >= 0.3 is 0 Å². The molecule has 1 aliphatic rings. The van der Waals surface area contributed by atoms with Crippen LogP contribution in [0.5, 0.6) is 0 Å². The molecular formula is C7H17N3O. The molecule has 3 unspecified atom stereocenters. The second-order valence-electron chi connectivity index (χ2n) is 3.17. The van der Waals surface area contributed by atoms with E-state index in [4.69, 9.17) is 10.6 Å². The fourth-order valence-corrected chi connectivity index (χ4v) is 1.44. The maximum Gasteiger partial charge on any atom is 0.0749 e. The maximum atomic E-state index is 7.24. The molecule has 0 aromatic rings. The first-order valence-electron chi connectivity index (χ1n) is 4.12. The Kier molecular flexibility index (Phi) is 3.26. The van der Waals surface area contributed by atoms with Gasteiger partial charge in [0, 0.05) is 6.61 Å². The molecule has 0 amide bonds. The minimum atomic E-state index is 0.348. The van der Waals surface area contributed by atoms with E-state index >= 15 is 0 Å². The predicted octanol–water partition coefficient (Wildman–Crippen LogP) is -0.460. The van der Waals surface area contributed by atoms with Gasteiger partial charge in [-0.25, -0.2) is 0 Å². The smallest absolute Gasteiger partial charge is 0.0749 e. The van der Waals surface area contributed by atoms with Crippen LogP contribution in [0.1, 0.15) is 19.8 Å². The topological polar surface area (TPSA) is 49.5 Å². The summed E-state index contributed by atoms with van der Waals surface area (Å²) in [4.78, 5) is 0. The fourth-order valence-electron chi connectivity index (χ4n) is 1.44. The van der Waals surface area contributed by atoms with Crippen molar-refractivity contribution in [1.82, 2.24) is 5.43 Å². The fraction of sp³-hybridized carbons (Fsp3) is 1.00. The van der Waals surface area contributed by atoms with Gasteiger partial charge in [0.2, 0.25) is 0 Å². The van der Waals surface area contributed by atoms with Crippen molar-refractivity contribution < 1.29 is 9.85 Å². The zero-order valence-corrected chi connectivity index (χ0v) is 7.18. The van der Waals surface area contributed by atoms with E-state index in [9.17, 15) is 0 Å². The number of quaternary nitrogens is 1. The van der Waals surface area contributed by atoms with E-state index in [0.29, 0.717) is 17.3 Å². The molecule has 3 N–H and O–H groups in total. The molecule has 4 heteroatoms. The largest absolute Gasteiger partial charge is 0.449 e. The summed E-state index contributed by atoms with van der Waals surface area (Å²) in [7, 11) is 1.78. The van der Waals surface area contributed by atoms with Crippen LogP contribution < -0.4 is 10.5 Å². The Labute approximate surface area is 67.6 Å². The van der Waals surface area contributed by atoms with Crippen molar-refractivity contribution in [2.45, 2.75) is 31.9 Å². The van der Waals surface area contributed by atoms with Gasteiger partial charge < -0.3 is 15.7 Å². The highest BCUT2D eigenvalue weighted by Crippen LogP contribution is 2.11. The summed E-state index contributed by atoms with van der Waals surface area (Å²) in [5, 5.41) is 0.559. The Hall–Kier alpha value is -0.160. The highest BCUT2D eigenvalue weighted by atomic mass is 16.5. The second-order valence-corrected chi connectivity index (χ2v) is 3.17. The first kappa shape index (κ1) is 8.93. The average Bonchev–Trinajstić information content (AvgIpc) is 1.85. The van der Waals surface area contributed by atoms with Gasteiger partial charge in [0.25, 0.3) is 0 Å². The highest BCUT2D eigenvalue weighted by molar-refractivity contribution is 4.70.